The van der Waals surface area contributed by atoms with E-state index >= 15 is 0 Å². The Hall–Kier alpha value is -3.58. The van der Waals surface area contributed by atoms with Crippen LogP contribution in [0.4, 0.5) is 11.4 Å². The molecule has 0 bridgehead atoms. The zero-order chi connectivity index (χ0) is 22.4. The first-order valence-corrected chi connectivity index (χ1v) is 10.2. The number of nitro groups is 1. The van der Waals surface area contributed by atoms with Gasteiger partial charge in [-0.05, 0) is 42.5 Å². The molecule has 2 aromatic carbocycles. The topological polar surface area (TPSA) is 115 Å². The summed E-state index contributed by atoms with van der Waals surface area (Å²) in [4.78, 5) is 31.1. The molecule has 31 heavy (non-hydrogen) atoms. The maximum atomic E-state index is 13.3. The lowest BCUT2D eigenvalue weighted by molar-refractivity contribution is -0.384. The van der Waals surface area contributed by atoms with Gasteiger partial charge >= 0.3 is 0 Å². The Morgan fingerprint density at radius 1 is 1.26 bits per heavy atom. The summed E-state index contributed by atoms with van der Waals surface area (Å²) in [5, 5.41) is 15.6. The Morgan fingerprint density at radius 3 is 2.55 bits per heavy atom. The summed E-state index contributed by atoms with van der Waals surface area (Å²) in [6.07, 6.45) is 1.85. The summed E-state index contributed by atoms with van der Waals surface area (Å²) < 4.78 is 0. The molecule has 1 heterocycles. The van der Waals surface area contributed by atoms with Gasteiger partial charge in [0.05, 0.1) is 10.3 Å². The van der Waals surface area contributed by atoms with Gasteiger partial charge in [0.2, 0.25) is 5.91 Å². The number of likely N-dealkylation sites (tertiary alicyclic amines) is 1. The molecule has 1 fully saturated rings. The van der Waals surface area contributed by atoms with E-state index in [0.717, 1.165) is 18.4 Å². The highest BCUT2D eigenvalue weighted by Crippen LogP contribution is 2.36. The number of anilines is 1. The molecule has 0 aliphatic carbocycles. The van der Waals surface area contributed by atoms with Gasteiger partial charge in [0, 0.05) is 44.2 Å². The van der Waals surface area contributed by atoms with Gasteiger partial charge in [-0.15, -0.1) is 0 Å². The first-order chi connectivity index (χ1) is 14.9. The molecule has 1 atom stereocenters. The van der Waals surface area contributed by atoms with Crippen molar-refractivity contribution < 1.29 is 9.72 Å². The van der Waals surface area contributed by atoms with Crippen LogP contribution in [0.3, 0.4) is 0 Å². The molecule has 162 valence electrons. The molecular weight excluding hydrogens is 396 g/mol. The number of carbonyl (C=O) groups excluding carboxylic acids is 1. The van der Waals surface area contributed by atoms with Gasteiger partial charge in [-0.3, -0.25) is 14.9 Å². The average Bonchev–Trinajstić information content (AvgIpc) is 3.32. The van der Waals surface area contributed by atoms with Crippen LogP contribution in [0.15, 0.2) is 53.6 Å². The van der Waals surface area contributed by atoms with Crippen LogP contribution >= 0.6 is 0 Å². The molecule has 1 aliphatic rings. The van der Waals surface area contributed by atoms with Gasteiger partial charge in [-0.2, -0.15) is 0 Å². The fourth-order valence-corrected chi connectivity index (χ4v) is 4.00. The third kappa shape index (κ3) is 4.78. The van der Waals surface area contributed by atoms with Gasteiger partial charge in [0.1, 0.15) is 5.69 Å². The van der Waals surface area contributed by atoms with Crippen LogP contribution in [0.2, 0.25) is 0 Å². The molecule has 9 nitrogen and oxygen atoms in total. The fraction of sp³-hybridized carbons (Fsp3) is 0.409. The first kappa shape index (κ1) is 22.1. The predicted octanol–water partition coefficient (Wildman–Crippen LogP) is 4.42. The minimum Gasteiger partial charge on any atom is -0.365 e. The maximum absolute atomic E-state index is 13.3. The average molecular weight is 422 g/mol. The zero-order valence-electron chi connectivity index (χ0n) is 17.8. The number of amides is 1. The van der Waals surface area contributed by atoms with E-state index in [9.17, 15) is 14.9 Å². The van der Waals surface area contributed by atoms with Crippen LogP contribution in [0, 0.1) is 10.1 Å². The van der Waals surface area contributed by atoms with Crippen LogP contribution < -0.4 is 4.90 Å². The molecule has 1 saturated heterocycles. The maximum Gasteiger partial charge on any atom is 0.292 e. The molecule has 0 N–H and O–H groups in total. The Balaban J connectivity index is 1.99. The number of nitrogens with zero attached hydrogens (tertiary/aromatic N) is 6. The summed E-state index contributed by atoms with van der Waals surface area (Å²) in [7, 11) is 1.80. The molecule has 0 saturated carbocycles. The number of nitro benzene ring substituents is 1. The normalized spacial score (nSPS) is 15.1. The second-order valence-corrected chi connectivity index (χ2v) is 8.02. The van der Waals surface area contributed by atoms with Crippen molar-refractivity contribution >= 4 is 17.3 Å². The number of hydrogen-bond acceptors (Lipinski definition) is 5. The molecule has 9 heteroatoms. The van der Waals surface area contributed by atoms with Crippen LogP contribution in [0.1, 0.15) is 30.9 Å². The van der Waals surface area contributed by atoms with E-state index < -0.39 is 10.3 Å². The number of azide groups is 1. The molecule has 1 amide bonds. The largest absolute Gasteiger partial charge is 0.365 e. The quantitative estimate of drug-likeness (QED) is 0.206. The summed E-state index contributed by atoms with van der Waals surface area (Å²) in [5.74, 6) is -0.169. The Labute approximate surface area is 181 Å². The lowest BCUT2D eigenvalue weighted by atomic mass is 9.80. The van der Waals surface area contributed by atoms with Gasteiger partial charge in [0.15, 0.2) is 0 Å². The summed E-state index contributed by atoms with van der Waals surface area (Å²) in [5.41, 5.74) is 9.54. The SMILES string of the molecule is CN(Cc1ccccc1)c1ccc(C(C)(CN=[N+]=[N-])C(=O)N2CCCC2)cc1[N+](=O)[O-]. The van der Waals surface area contributed by atoms with E-state index in [-0.39, 0.29) is 18.1 Å². The van der Waals surface area contributed by atoms with Crippen LogP contribution in [0.5, 0.6) is 0 Å². The number of hydrogen-bond donors (Lipinski definition) is 0. The third-order valence-corrected chi connectivity index (χ3v) is 5.80. The second-order valence-electron chi connectivity index (χ2n) is 8.02. The lowest BCUT2D eigenvalue weighted by Crippen LogP contribution is -2.46. The number of carbonyl (C=O) groups is 1. The van der Waals surface area contributed by atoms with Crippen molar-refractivity contribution in [2.24, 2.45) is 5.11 Å². The monoisotopic (exact) mass is 422 g/mol. The van der Waals surface area contributed by atoms with Crippen LogP contribution in [-0.4, -0.2) is 42.4 Å². The van der Waals surface area contributed by atoms with E-state index in [1.54, 1.807) is 31.0 Å². The van der Waals surface area contributed by atoms with E-state index in [1.807, 2.05) is 35.2 Å². The van der Waals surface area contributed by atoms with Crippen molar-refractivity contribution in [1.82, 2.24) is 4.90 Å². The van der Waals surface area contributed by atoms with Crippen LogP contribution in [0.25, 0.3) is 10.4 Å². The smallest absolute Gasteiger partial charge is 0.292 e. The Morgan fingerprint density at radius 2 is 1.94 bits per heavy atom. The van der Waals surface area contributed by atoms with Crippen molar-refractivity contribution in [2.45, 2.75) is 31.7 Å². The minimum atomic E-state index is -1.17. The van der Waals surface area contributed by atoms with Gasteiger partial charge in [-0.25, -0.2) is 0 Å². The summed E-state index contributed by atoms with van der Waals surface area (Å²) >= 11 is 0. The molecule has 1 unspecified atom stereocenters. The van der Waals surface area contributed by atoms with Crippen molar-refractivity contribution in [2.75, 3.05) is 31.6 Å². The van der Waals surface area contributed by atoms with Gasteiger partial charge in [0.25, 0.3) is 5.69 Å². The molecule has 1 aliphatic heterocycles. The number of benzene rings is 2. The van der Waals surface area contributed by atoms with Gasteiger partial charge < -0.3 is 9.80 Å². The molecule has 0 spiro atoms. The predicted molar refractivity (Wildman–Crippen MR) is 119 cm³/mol. The second kappa shape index (κ2) is 9.49. The molecule has 0 radical (unpaired) electrons. The van der Waals surface area contributed by atoms with Crippen molar-refractivity contribution in [3.05, 3.63) is 80.2 Å². The van der Waals surface area contributed by atoms with Crippen LogP contribution in [-0.2, 0) is 16.8 Å². The molecule has 3 rings (SSSR count). The van der Waals surface area contributed by atoms with Crippen molar-refractivity contribution in [3.8, 4) is 0 Å². The van der Waals surface area contributed by atoms with E-state index in [4.69, 9.17) is 5.53 Å². The fourth-order valence-electron chi connectivity index (χ4n) is 4.00. The Bertz CT molecular complexity index is 1000. The first-order valence-electron chi connectivity index (χ1n) is 10.2. The molecule has 0 aromatic heterocycles. The third-order valence-electron chi connectivity index (χ3n) is 5.80. The number of rotatable bonds is 8. The van der Waals surface area contributed by atoms with Crippen molar-refractivity contribution in [1.29, 1.82) is 0 Å². The van der Waals surface area contributed by atoms with E-state index in [1.165, 1.54) is 6.07 Å². The highest BCUT2D eigenvalue weighted by molar-refractivity contribution is 5.89. The molecular formula is C22H26N6O3. The van der Waals surface area contributed by atoms with Gasteiger partial charge in [-0.1, -0.05) is 41.5 Å². The van der Waals surface area contributed by atoms with E-state index in [0.29, 0.717) is 30.9 Å². The summed E-state index contributed by atoms with van der Waals surface area (Å²) in [6, 6.07) is 14.5. The Kier molecular flexibility index (Phi) is 6.77. The summed E-state index contributed by atoms with van der Waals surface area (Å²) in [6.45, 7) is 3.38. The highest BCUT2D eigenvalue weighted by atomic mass is 16.6. The lowest BCUT2D eigenvalue weighted by Gasteiger charge is -2.32. The van der Waals surface area contributed by atoms with E-state index in [2.05, 4.69) is 10.0 Å². The zero-order valence-corrected chi connectivity index (χ0v) is 17.8. The minimum absolute atomic E-state index is 0.0858. The highest BCUT2D eigenvalue weighted by Gasteiger charge is 2.40. The van der Waals surface area contributed by atoms with Crippen molar-refractivity contribution in [3.63, 3.8) is 0 Å². The standard InChI is InChI=1S/C22H26N6O3/c1-22(16-24-25-23,21(29)27-12-6-7-13-27)18-10-11-19(20(14-18)28(30)31)26(2)15-17-8-4-3-5-9-17/h3-5,8-11,14H,6-7,12-13,15-16H2,1-2H3. The molecule has 2 aromatic rings.